The van der Waals surface area contributed by atoms with E-state index in [1.54, 1.807) is 25.7 Å². The van der Waals surface area contributed by atoms with Crippen molar-refractivity contribution in [3.8, 4) is 6.07 Å². The van der Waals surface area contributed by atoms with Gasteiger partial charge in [0.1, 0.15) is 5.60 Å². The summed E-state index contributed by atoms with van der Waals surface area (Å²) in [5.41, 5.74) is 0.326. The standard InChI is InChI=1S/C22H31N3O3/c1-21(2,3)28-20(27)24-14-10-19(26)25-15-12-22(17-23,13-16-25)11-9-18-7-5-4-6-8-18/h4-8H,9-16H2,1-3H3,(H,24,27). The van der Waals surface area contributed by atoms with Crippen molar-refractivity contribution < 1.29 is 14.3 Å². The van der Waals surface area contributed by atoms with Gasteiger partial charge < -0.3 is 15.0 Å². The average molecular weight is 386 g/mol. The Balaban J connectivity index is 1.74. The van der Waals surface area contributed by atoms with Gasteiger partial charge in [0, 0.05) is 26.1 Å². The number of benzene rings is 1. The number of piperidine rings is 1. The number of amides is 2. The number of nitrogens with zero attached hydrogens (tertiary/aromatic N) is 2. The third kappa shape index (κ3) is 6.88. The first-order valence-corrected chi connectivity index (χ1v) is 9.93. The van der Waals surface area contributed by atoms with Gasteiger partial charge in [-0.1, -0.05) is 30.3 Å². The highest BCUT2D eigenvalue weighted by Gasteiger charge is 2.35. The van der Waals surface area contributed by atoms with Crippen molar-refractivity contribution in [1.29, 1.82) is 5.26 Å². The molecule has 0 bridgehead atoms. The Morgan fingerprint density at radius 3 is 2.43 bits per heavy atom. The van der Waals surface area contributed by atoms with E-state index in [1.807, 2.05) is 18.2 Å². The first-order chi connectivity index (χ1) is 13.2. The Hall–Kier alpha value is -2.55. The maximum atomic E-state index is 12.4. The maximum Gasteiger partial charge on any atom is 0.407 e. The number of hydrogen-bond donors (Lipinski definition) is 1. The molecule has 6 heteroatoms. The van der Waals surface area contributed by atoms with E-state index in [0.717, 1.165) is 12.8 Å². The van der Waals surface area contributed by atoms with Gasteiger partial charge in [-0.15, -0.1) is 0 Å². The Morgan fingerprint density at radius 2 is 1.86 bits per heavy atom. The molecule has 28 heavy (non-hydrogen) atoms. The maximum absolute atomic E-state index is 12.4. The average Bonchev–Trinajstić information content (AvgIpc) is 2.66. The highest BCUT2D eigenvalue weighted by molar-refractivity contribution is 5.77. The van der Waals surface area contributed by atoms with Crippen LogP contribution >= 0.6 is 0 Å². The van der Waals surface area contributed by atoms with Gasteiger partial charge in [0.25, 0.3) is 0 Å². The van der Waals surface area contributed by atoms with E-state index < -0.39 is 11.7 Å². The van der Waals surface area contributed by atoms with Crippen LogP contribution in [0, 0.1) is 16.7 Å². The van der Waals surface area contributed by atoms with E-state index in [9.17, 15) is 14.9 Å². The number of aryl methyl sites for hydroxylation is 1. The molecular formula is C22H31N3O3. The Kier molecular flexibility index (Phi) is 7.45. The van der Waals surface area contributed by atoms with Crippen molar-refractivity contribution in [1.82, 2.24) is 10.2 Å². The molecule has 0 unspecified atom stereocenters. The molecule has 0 aromatic heterocycles. The minimum Gasteiger partial charge on any atom is -0.444 e. The molecule has 1 saturated heterocycles. The van der Waals surface area contributed by atoms with Gasteiger partial charge in [-0.25, -0.2) is 4.79 Å². The van der Waals surface area contributed by atoms with E-state index in [1.165, 1.54) is 5.56 Å². The summed E-state index contributed by atoms with van der Waals surface area (Å²) >= 11 is 0. The molecule has 2 rings (SSSR count). The summed E-state index contributed by atoms with van der Waals surface area (Å²) in [6.45, 7) is 6.82. The van der Waals surface area contributed by atoms with Gasteiger partial charge >= 0.3 is 6.09 Å². The van der Waals surface area contributed by atoms with Crippen molar-refractivity contribution in [2.75, 3.05) is 19.6 Å². The number of likely N-dealkylation sites (tertiary alicyclic amines) is 1. The molecule has 0 aliphatic carbocycles. The Morgan fingerprint density at radius 1 is 1.21 bits per heavy atom. The van der Waals surface area contributed by atoms with Crippen LogP contribution in [0.4, 0.5) is 4.79 Å². The van der Waals surface area contributed by atoms with Crippen LogP contribution in [-0.4, -0.2) is 42.1 Å². The summed E-state index contributed by atoms with van der Waals surface area (Å²) in [5.74, 6) is 0.00524. The summed E-state index contributed by atoms with van der Waals surface area (Å²) in [5, 5.41) is 12.3. The number of ether oxygens (including phenoxy) is 1. The SMILES string of the molecule is CC(C)(C)OC(=O)NCCC(=O)N1CCC(C#N)(CCc2ccccc2)CC1. The fourth-order valence-electron chi connectivity index (χ4n) is 3.37. The van der Waals surface area contributed by atoms with Crippen LogP contribution in [-0.2, 0) is 16.0 Å². The van der Waals surface area contributed by atoms with E-state index in [2.05, 4.69) is 23.5 Å². The summed E-state index contributed by atoms with van der Waals surface area (Å²) in [4.78, 5) is 25.8. The minimum atomic E-state index is -0.554. The van der Waals surface area contributed by atoms with Crippen LogP contribution in [0.5, 0.6) is 0 Å². The molecular weight excluding hydrogens is 354 g/mol. The topological polar surface area (TPSA) is 82.4 Å². The second-order valence-electron chi connectivity index (χ2n) is 8.44. The highest BCUT2D eigenvalue weighted by atomic mass is 16.6. The van der Waals surface area contributed by atoms with Crippen LogP contribution in [0.1, 0.15) is 52.0 Å². The van der Waals surface area contributed by atoms with Gasteiger partial charge in [-0.2, -0.15) is 5.26 Å². The van der Waals surface area contributed by atoms with Crippen molar-refractivity contribution in [2.24, 2.45) is 5.41 Å². The molecule has 1 aliphatic heterocycles. The lowest BCUT2D eigenvalue weighted by Crippen LogP contribution is -2.44. The van der Waals surface area contributed by atoms with Crippen molar-refractivity contribution in [3.05, 3.63) is 35.9 Å². The summed E-state index contributed by atoms with van der Waals surface area (Å²) < 4.78 is 5.16. The van der Waals surface area contributed by atoms with Crippen LogP contribution in [0.3, 0.4) is 0 Å². The second-order valence-corrected chi connectivity index (χ2v) is 8.44. The molecule has 2 amide bonds. The lowest BCUT2D eigenvalue weighted by atomic mass is 9.75. The zero-order chi connectivity index (χ0) is 20.6. The monoisotopic (exact) mass is 385 g/mol. The second kappa shape index (κ2) is 9.59. The number of rotatable bonds is 6. The molecule has 0 radical (unpaired) electrons. The number of nitriles is 1. The normalized spacial score (nSPS) is 16.1. The lowest BCUT2D eigenvalue weighted by molar-refractivity contribution is -0.133. The van der Waals surface area contributed by atoms with Crippen molar-refractivity contribution in [3.63, 3.8) is 0 Å². The van der Waals surface area contributed by atoms with Crippen LogP contribution in [0.25, 0.3) is 0 Å². The smallest absolute Gasteiger partial charge is 0.407 e. The molecule has 6 nitrogen and oxygen atoms in total. The van der Waals surface area contributed by atoms with Gasteiger partial charge in [0.2, 0.25) is 5.91 Å². The molecule has 0 atom stereocenters. The predicted octanol–water partition coefficient (Wildman–Crippen LogP) is 3.67. The number of alkyl carbamates (subject to hydrolysis) is 1. The van der Waals surface area contributed by atoms with Crippen LogP contribution in [0.2, 0.25) is 0 Å². The molecule has 0 saturated carbocycles. The number of carbonyl (C=O) groups excluding carboxylic acids is 2. The van der Waals surface area contributed by atoms with Gasteiger partial charge in [-0.3, -0.25) is 4.79 Å². The van der Waals surface area contributed by atoms with Crippen LogP contribution in [0.15, 0.2) is 30.3 Å². The highest BCUT2D eigenvalue weighted by Crippen LogP contribution is 2.35. The molecule has 1 fully saturated rings. The van der Waals surface area contributed by atoms with Gasteiger partial charge in [0.15, 0.2) is 0 Å². The molecule has 1 heterocycles. The third-order valence-electron chi connectivity index (χ3n) is 5.05. The third-order valence-corrected chi connectivity index (χ3v) is 5.05. The minimum absolute atomic E-state index is 0.00524. The zero-order valence-corrected chi connectivity index (χ0v) is 17.2. The Bertz CT molecular complexity index is 696. The first kappa shape index (κ1) is 21.7. The van der Waals surface area contributed by atoms with Gasteiger partial charge in [0.05, 0.1) is 11.5 Å². The van der Waals surface area contributed by atoms with E-state index in [0.29, 0.717) is 25.9 Å². The Labute approximate surface area is 167 Å². The quantitative estimate of drug-likeness (QED) is 0.810. The van der Waals surface area contributed by atoms with Crippen LogP contribution < -0.4 is 5.32 Å². The van der Waals surface area contributed by atoms with Crippen molar-refractivity contribution in [2.45, 2.75) is 58.5 Å². The van der Waals surface area contributed by atoms with Gasteiger partial charge in [-0.05, 0) is 52.0 Å². The first-order valence-electron chi connectivity index (χ1n) is 9.93. The molecule has 1 aromatic carbocycles. The molecule has 0 spiro atoms. The molecule has 1 N–H and O–H groups in total. The van der Waals surface area contributed by atoms with E-state index in [4.69, 9.17) is 4.74 Å². The fraction of sp³-hybridized carbons (Fsp3) is 0.591. The van der Waals surface area contributed by atoms with E-state index in [-0.39, 0.29) is 24.3 Å². The molecule has 1 aromatic rings. The van der Waals surface area contributed by atoms with E-state index >= 15 is 0 Å². The number of nitrogens with one attached hydrogen (secondary N) is 1. The molecule has 1 aliphatic rings. The number of carbonyl (C=O) groups is 2. The predicted molar refractivity (Wildman–Crippen MR) is 107 cm³/mol. The zero-order valence-electron chi connectivity index (χ0n) is 17.2. The summed E-state index contributed by atoms with van der Waals surface area (Å²) in [6, 6.07) is 12.7. The van der Waals surface area contributed by atoms with Crippen molar-refractivity contribution >= 4 is 12.0 Å². The number of hydrogen-bond acceptors (Lipinski definition) is 4. The fourth-order valence-corrected chi connectivity index (χ4v) is 3.37. The largest absolute Gasteiger partial charge is 0.444 e. The molecule has 152 valence electrons. The summed E-state index contributed by atoms with van der Waals surface area (Å²) in [7, 11) is 0. The summed E-state index contributed by atoms with van der Waals surface area (Å²) in [6.07, 6.45) is 2.81. The lowest BCUT2D eigenvalue weighted by Gasteiger charge is -2.37.